The molecular weight excluding hydrogens is 450 g/mol. The van der Waals surface area contributed by atoms with Gasteiger partial charge in [-0.2, -0.15) is 5.10 Å². The van der Waals surface area contributed by atoms with E-state index in [1.165, 1.54) is 21.3 Å². The molecule has 1 aromatic heterocycles. The van der Waals surface area contributed by atoms with Crippen molar-refractivity contribution in [1.82, 2.24) is 5.43 Å². The van der Waals surface area contributed by atoms with Crippen LogP contribution in [0.4, 0.5) is 5.69 Å². The van der Waals surface area contributed by atoms with E-state index in [2.05, 4.69) is 15.8 Å². The number of anilines is 1. The van der Waals surface area contributed by atoms with Crippen LogP contribution in [0.3, 0.4) is 0 Å². The van der Waals surface area contributed by atoms with Gasteiger partial charge in [-0.05, 0) is 31.2 Å². The lowest BCUT2D eigenvalue weighted by Crippen LogP contribution is -2.22. The molecule has 1 heterocycles. The Morgan fingerprint density at radius 3 is 2.40 bits per heavy atom. The van der Waals surface area contributed by atoms with Crippen LogP contribution in [0.15, 0.2) is 64.1 Å². The van der Waals surface area contributed by atoms with Gasteiger partial charge in [0.2, 0.25) is 5.91 Å². The van der Waals surface area contributed by atoms with Crippen molar-refractivity contribution >= 4 is 45.2 Å². The van der Waals surface area contributed by atoms with Gasteiger partial charge in [0.1, 0.15) is 28.4 Å². The minimum atomic E-state index is -0.471. The number of furan rings is 1. The molecule has 0 aliphatic heterocycles. The highest BCUT2D eigenvalue weighted by atomic mass is 16.5. The summed E-state index contributed by atoms with van der Waals surface area (Å²) < 4.78 is 21.8. The first kappa shape index (κ1) is 23.6. The Morgan fingerprint density at radius 2 is 1.66 bits per heavy atom. The largest absolute Gasteiger partial charge is 0.497 e. The van der Waals surface area contributed by atoms with Gasteiger partial charge in [0.25, 0.3) is 5.91 Å². The number of methoxy groups -OCH3 is 3. The van der Waals surface area contributed by atoms with Crippen molar-refractivity contribution in [3.8, 4) is 17.2 Å². The van der Waals surface area contributed by atoms with Crippen LogP contribution in [0.5, 0.6) is 17.2 Å². The first-order chi connectivity index (χ1) is 16.9. The zero-order valence-electron chi connectivity index (χ0n) is 19.8. The highest BCUT2D eigenvalue weighted by Gasteiger charge is 2.16. The smallest absolute Gasteiger partial charge is 0.275 e. The van der Waals surface area contributed by atoms with Gasteiger partial charge < -0.3 is 23.9 Å². The number of hydrogen-bond donors (Lipinski definition) is 2. The molecule has 3 aromatic carbocycles. The number of ether oxygens (including phenoxy) is 3. The van der Waals surface area contributed by atoms with E-state index < -0.39 is 5.91 Å². The lowest BCUT2D eigenvalue weighted by Gasteiger charge is -2.11. The molecule has 0 radical (unpaired) electrons. The van der Waals surface area contributed by atoms with Crippen LogP contribution >= 0.6 is 0 Å². The summed E-state index contributed by atoms with van der Waals surface area (Å²) in [5.41, 5.74) is 5.01. The van der Waals surface area contributed by atoms with Gasteiger partial charge in [0.15, 0.2) is 0 Å². The topological polar surface area (TPSA) is 111 Å². The monoisotopic (exact) mass is 475 g/mol. The molecule has 2 amide bonds. The van der Waals surface area contributed by atoms with E-state index in [1.807, 2.05) is 30.3 Å². The fourth-order valence-corrected chi connectivity index (χ4v) is 3.68. The summed E-state index contributed by atoms with van der Waals surface area (Å²) in [4.78, 5) is 25.2. The quantitative estimate of drug-likeness (QED) is 0.281. The van der Waals surface area contributed by atoms with Crippen molar-refractivity contribution < 1.29 is 28.2 Å². The van der Waals surface area contributed by atoms with Gasteiger partial charge in [0.05, 0.1) is 39.0 Å². The summed E-state index contributed by atoms with van der Waals surface area (Å²) in [5.74, 6) is 0.621. The summed E-state index contributed by atoms with van der Waals surface area (Å²) in [6, 6.07) is 16.1. The average Bonchev–Trinajstić information content (AvgIpc) is 3.23. The Hall–Kier alpha value is -4.53. The standard InChI is InChI=1S/C26H25N3O6/c1-15(28-29-26(31)18-10-9-16(32-2)12-22(18)33-3)11-25(30)27-20-14-23-19(13-24(20)34-4)17-7-5-6-8-21(17)35-23/h5-10,12-14H,11H2,1-4H3,(H,27,30)(H,29,31)/b28-15-. The van der Waals surface area contributed by atoms with Gasteiger partial charge in [-0.25, -0.2) is 5.43 Å². The number of carbonyl (C=O) groups is 2. The van der Waals surface area contributed by atoms with Crippen LogP contribution in [0.2, 0.25) is 0 Å². The Labute approximate surface area is 201 Å². The lowest BCUT2D eigenvalue weighted by atomic mass is 10.1. The summed E-state index contributed by atoms with van der Waals surface area (Å²) >= 11 is 0. The second-order valence-corrected chi connectivity index (χ2v) is 7.73. The van der Waals surface area contributed by atoms with Crippen molar-refractivity contribution in [3.63, 3.8) is 0 Å². The van der Waals surface area contributed by atoms with Gasteiger partial charge in [-0.1, -0.05) is 18.2 Å². The van der Waals surface area contributed by atoms with Crippen LogP contribution in [0.25, 0.3) is 21.9 Å². The van der Waals surface area contributed by atoms with Crippen molar-refractivity contribution in [3.05, 3.63) is 60.2 Å². The minimum Gasteiger partial charge on any atom is -0.497 e. The van der Waals surface area contributed by atoms with Gasteiger partial charge in [0, 0.05) is 28.6 Å². The third-order valence-corrected chi connectivity index (χ3v) is 5.39. The molecule has 0 atom stereocenters. The van der Waals surface area contributed by atoms with E-state index in [1.54, 1.807) is 31.2 Å². The predicted molar refractivity (Wildman–Crippen MR) is 134 cm³/mol. The molecule has 0 spiro atoms. The van der Waals surface area contributed by atoms with Gasteiger partial charge >= 0.3 is 0 Å². The third kappa shape index (κ3) is 5.03. The highest BCUT2D eigenvalue weighted by molar-refractivity contribution is 6.10. The van der Waals surface area contributed by atoms with E-state index in [4.69, 9.17) is 18.6 Å². The predicted octanol–water partition coefficient (Wildman–Crippen LogP) is 4.75. The fourth-order valence-electron chi connectivity index (χ4n) is 3.68. The fraction of sp³-hybridized carbons (Fsp3) is 0.192. The van der Waals surface area contributed by atoms with Crippen LogP contribution in [-0.2, 0) is 4.79 Å². The zero-order chi connectivity index (χ0) is 24.9. The van der Waals surface area contributed by atoms with E-state index in [-0.39, 0.29) is 17.9 Å². The van der Waals surface area contributed by atoms with Crippen LogP contribution in [0, 0.1) is 0 Å². The molecule has 0 saturated carbocycles. The van der Waals surface area contributed by atoms with Crippen molar-refractivity contribution in [2.24, 2.45) is 5.10 Å². The maximum absolute atomic E-state index is 12.7. The third-order valence-electron chi connectivity index (χ3n) is 5.39. The van der Waals surface area contributed by atoms with E-state index in [9.17, 15) is 9.59 Å². The normalized spacial score (nSPS) is 11.4. The second-order valence-electron chi connectivity index (χ2n) is 7.73. The molecule has 9 nitrogen and oxygen atoms in total. The maximum Gasteiger partial charge on any atom is 0.275 e. The summed E-state index contributed by atoms with van der Waals surface area (Å²) in [6.45, 7) is 1.64. The Morgan fingerprint density at radius 1 is 0.886 bits per heavy atom. The molecular formula is C26H25N3O6. The van der Waals surface area contributed by atoms with Gasteiger partial charge in [-0.15, -0.1) is 0 Å². The number of hydrazone groups is 1. The van der Waals surface area contributed by atoms with Crippen LogP contribution in [0.1, 0.15) is 23.7 Å². The molecule has 0 saturated heterocycles. The summed E-state index contributed by atoms with van der Waals surface area (Å²) in [7, 11) is 4.52. The number of fused-ring (bicyclic) bond motifs is 3. The molecule has 180 valence electrons. The van der Waals surface area contributed by atoms with E-state index >= 15 is 0 Å². The number of nitrogens with zero attached hydrogens (tertiary/aromatic N) is 1. The molecule has 4 rings (SSSR count). The Balaban J connectivity index is 1.45. The number of hydrogen-bond acceptors (Lipinski definition) is 7. The Bertz CT molecular complexity index is 1440. The Kier molecular flexibility index (Phi) is 6.86. The SMILES string of the molecule is COc1ccc(C(=O)N/N=C(/C)CC(=O)Nc2cc3oc4ccccc4c3cc2OC)c(OC)c1. The maximum atomic E-state index is 12.7. The second kappa shape index (κ2) is 10.2. The highest BCUT2D eigenvalue weighted by Crippen LogP contribution is 2.36. The van der Waals surface area contributed by atoms with Crippen LogP contribution < -0.4 is 25.0 Å². The summed E-state index contributed by atoms with van der Waals surface area (Å²) in [6.07, 6.45) is -0.0403. The minimum absolute atomic E-state index is 0.0403. The first-order valence-electron chi connectivity index (χ1n) is 10.8. The molecule has 0 unspecified atom stereocenters. The molecule has 9 heteroatoms. The van der Waals surface area contributed by atoms with Crippen LogP contribution in [-0.4, -0.2) is 38.9 Å². The number of rotatable bonds is 8. The first-order valence-corrected chi connectivity index (χ1v) is 10.8. The number of para-hydroxylation sites is 1. The van der Waals surface area contributed by atoms with E-state index in [0.29, 0.717) is 34.2 Å². The number of amides is 2. The molecule has 0 aliphatic rings. The molecule has 35 heavy (non-hydrogen) atoms. The van der Waals surface area contributed by atoms with Crippen molar-refractivity contribution in [2.45, 2.75) is 13.3 Å². The number of carbonyl (C=O) groups excluding carboxylic acids is 2. The molecule has 4 aromatic rings. The molecule has 2 N–H and O–H groups in total. The van der Waals surface area contributed by atoms with Crippen molar-refractivity contribution in [1.29, 1.82) is 0 Å². The van der Waals surface area contributed by atoms with E-state index in [0.717, 1.165) is 16.4 Å². The zero-order valence-corrected chi connectivity index (χ0v) is 19.8. The number of nitrogens with one attached hydrogen (secondary N) is 2. The average molecular weight is 476 g/mol. The molecule has 0 fully saturated rings. The number of benzene rings is 3. The molecule has 0 bridgehead atoms. The lowest BCUT2D eigenvalue weighted by molar-refractivity contribution is -0.115. The molecule has 0 aliphatic carbocycles. The summed E-state index contributed by atoms with van der Waals surface area (Å²) in [5, 5.41) is 8.73. The van der Waals surface area contributed by atoms with Crippen molar-refractivity contribution in [2.75, 3.05) is 26.6 Å². The van der Waals surface area contributed by atoms with Gasteiger partial charge in [-0.3, -0.25) is 9.59 Å².